The first-order chi connectivity index (χ1) is 4.16. The zero-order chi connectivity index (χ0) is 7.28. The summed E-state index contributed by atoms with van der Waals surface area (Å²) in [4.78, 5) is 28.8. The number of nitroso groups, excluding NO2 is 1. The van der Waals surface area contributed by atoms with Crippen LogP contribution in [0.3, 0.4) is 0 Å². The summed E-state index contributed by atoms with van der Waals surface area (Å²) in [7, 11) is 0. The van der Waals surface area contributed by atoms with Crippen molar-refractivity contribution in [2.24, 2.45) is 5.18 Å². The van der Waals surface area contributed by atoms with Gasteiger partial charge in [0.2, 0.25) is 0 Å². The Bertz CT molecular complexity index is 171. The average Bonchev–Trinajstić information content (AvgIpc) is 1.83. The number of aliphatic carboxylic acids is 1. The summed E-state index contributed by atoms with van der Waals surface area (Å²) >= 11 is 0. The lowest BCUT2D eigenvalue weighted by molar-refractivity contribution is -0.131. The maximum absolute atomic E-state index is 9.89. The number of nitrogens with zero attached hydrogens (tertiary/aromatic N) is 1. The average molecular weight is 129 g/mol. The maximum atomic E-state index is 9.89. The van der Waals surface area contributed by atoms with E-state index in [0.717, 1.165) is 0 Å². The molecule has 0 aromatic heterocycles. The molecule has 0 saturated carbocycles. The number of hydrogen-bond acceptors (Lipinski definition) is 3. The molecule has 0 unspecified atom stereocenters. The molecule has 5 heteroatoms. The molecule has 0 rings (SSSR count). The second-order valence-corrected chi connectivity index (χ2v) is 1.10. The highest BCUT2D eigenvalue weighted by molar-refractivity contribution is 5.94. The molecule has 0 fully saturated rings. The Balaban J connectivity index is 3.85. The van der Waals surface area contributed by atoms with E-state index in [0.29, 0.717) is 12.2 Å². The highest BCUT2D eigenvalue weighted by Crippen LogP contribution is 1.76. The molecule has 0 aliphatic rings. The summed E-state index contributed by atoms with van der Waals surface area (Å²) < 4.78 is 0. The van der Waals surface area contributed by atoms with Crippen LogP contribution in [0.5, 0.6) is 0 Å². The van der Waals surface area contributed by atoms with E-state index in [1.165, 1.54) is 0 Å². The van der Waals surface area contributed by atoms with E-state index in [4.69, 9.17) is 5.11 Å². The van der Waals surface area contributed by atoms with Crippen molar-refractivity contribution in [1.29, 1.82) is 0 Å². The van der Waals surface area contributed by atoms with Crippen LogP contribution in [0.25, 0.3) is 0 Å². The predicted octanol–water partition coefficient (Wildman–Crippen LogP) is -0.0798. The lowest BCUT2D eigenvalue weighted by Crippen LogP contribution is -1.90. The van der Waals surface area contributed by atoms with Crippen LogP contribution in [-0.4, -0.2) is 17.0 Å². The quantitative estimate of drug-likeness (QED) is 0.417. The number of rotatable bonds is 2. The third-order valence-corrected chi connectivity index (χ3v) is 0.458. The Morgan fingerprint density at radius 1 is 1.33 bits per heavy atom. The van der Waals surface area contributed by atoms with E-state index < -0.39 is 11.9 Å². The Morgan fingerprint density at radius 3 is 2.22 bits per heavy atom. The number of amides is 1. The molecule has 0 atom stereocenters. The van der Waals surface area contributed by atoms with Gasteiger partial charge < -0.3 is 5.11 Å². The number of carboxylic acids is 1. The van der Waals surface area contributed by atoms with Crippen LogP contribution in [0.2, 0.25) is 0 Å². The molecule has 9 heavy (non-hydrogen) atoms. The van der Waals surface area contributed by atoms with Gasteiger partial charge in [0.15, 0.2) is 0 Å². The van der Waals surface area contributed by atoms with Crippen LogP contribution in [-0.2, 0) is 9.59 Å². The maximum Gasteiger partial charge on any atom is 0.328 e. The van der Waals surface area contributed by atoms with Crippen molar-refractivity contribution in [3.8, 4) is 0 Å². The minimum absolute atomic E-state index is 0.545. The molecule has 1 N–H and O–H groups in total. The molecule has 0 radical (unpaired) electrons. The summed E-state index contributed by atoms with van der Waals surface area (Å²) in [6.45, 7) is 0. The van der Waals surface area contributed by atoms with Gasteiger partial charge in [-0.1, -0.05) is 0 Å². The summed E-state index contributed by atoms with van der Waals surface area (Å²) in [5.41, 5.74) is 0. The number of carbonyl (C=O) groups is 2. The van der Waals surface area contributed by atoms with Gasteiger partial charge in [0.25, 0.3) is 0 Å². The zero-order valence-electron chi connectivity index (χ0n) is 4.27. The van der Waals surface area contributed by atoms with Crippen LogP contribution < -0.4 is 0 Å². The number of hydrogen-bond donors (Lipinski definition) is 1. The Kier molecular flexibility index (Phi) is 2.89. The summed E-state index contributed by atoms with van der Waals surface area (Å²) in [5, 5.41) is 9.80. The van der Waals surface area contributed by atoms with E-state index in [1.54, 1.807) is 0 Å². The molecule has 0 bridgehead atoms. The second-order valence-electron chi connectivity index (χ2n) is 1.10. The molecule has 0 heterocycles. The van der Waals surface area contributed by atoms with Crippen molar-refractivity contribution >= 4 is 11.9 Å². The van der Waals surface area contributed by atoms with E-state index in [-0.39, 0.29) is 0 Å². The minimum Gasteiger partial charge on any atom is -0.478 e. The standard InChI is InChI=1S/C4H3NO4/c6-3(5-9)1-2-4(7)8/h1-2H,(H,7,8)/b2-1-. The smallest absolute Gasteiger partial charge is 0.328 e. The molecule has 0 aliphatic carbocycles. The fourth-order valence-electron chi connectivity index (χ4n) is 0.173. The molecular formula is C4H3NO4. The monoisotopic (exact) mass is 129 g/mol. The first kappa shape index (κ1) is 7.48. The molecule has 0 aromatic rings. The fourth-order valence-corrected chi connectivity index (χ4v) is 0.173. The molecule has 5 nitrogen and oxygen atoms in total. The molecule has 0 aromatic carbocycles. The van der Waals surface area contributed by atoms with Gasteiger partial charge in [-0.3, -0.25) is 4.79 Å². The minimum atomic E-state index is -1.29. The van der Waals surface area contributed by atoms with Crippen LogP contribution in [0.15, 0.2) is 17.3 Å². The van der Waals surface area contributed by atoms with E-state index in [2.05, 4.69) is 0 Å². The Morgan fingerprint density at radius 2 is 1.89 bits per heavy atom. The first-order valence-electron chi connectivity index (χ1n) is 1.95. The van der Waals surface area contributed by atoms with E-state index >= 15 is 0 Å². The summed E-state index contributed by atoms with van der Waals surface area (Å²) in [6, 6.07) is 0. The van der Waals surface area contributed by atoms with Crippen LogP contribution in [0.4, 0.5) is 0 Å². The highest BCUT2D eigenvalue weighted by atomic mass is 16.4. The van der Waals surface area contributed by atoms with Gasteiger partial charge >= 0.3 is 11.9 Å². The van der Waals surface area contributed by atoms with Crippen molar-refractivity contribution in [3.63, 3.8) is 0 Å². The molecule has 48 valence electrons. The van der Waals surface area contributed by atoms with Crippen molar-refractivity contribution in [1.82, 2.24) is 0 Å². The van der Waals surface area contributed by atoms with Crippen LogP contribution in [0.1, 0.15) is 0 Å². The lowest BCUT2D eigenvalue weighted by Gasteiger charge is -1.73. The number of carboxylic acid groups (broad SMARTS) is 1. The third kappa shape index (κ3) is 4.33. The SMILES string of the molecule is O=NC(=O)/C=C\C(=O)O. The topological polar surface area (TPSA) is 83.8 Å². The molecule has 0 aliphatic heterocycles. The van der Waals surface area contributed by atoms with E-state index in [9.17, 15) is 14.5 Å². The normalized spacial score (nSPS) is 9.33. The first-order valence-corrected chi connectivity index (χ1v) is 1.95. The number of carbonyl (C=O) groups excluding carboxylic acids is 1. The van der Waals surface area contributed by atoms with Gasteiger partial charge in [0, 0.05) is 17.3 Å². The van der Waals surface area contributed by atoms with Crippen molar-refractivity contribution in [2.45, 2.75) is 0 Å². The summed E-state index contributed by atoms with van der Waals surface area (Å²) in [5.74, 6) is -2.38. The second kappa shape index (κ2) is 3.48. The molecular weight excluding hydrogens is 126 g/mol. The third-order valence-electron chi connectivity index (χ3n) is 0.458. The van der Waals surface area contributed by atoms with Gasteiger partial charge in [-0.15, -0.1) is 4.91 Å². The zero-order valence-corrected chi connectivity index (χ0v) is 4.27. The van der Waals surface area contributed by atoms with Crippen molar-refractivity contribution < 1.29 is 14.7 Å². The Hall–Kier alpha value is -1.52. The molecule has 0 spiro atoms. The van der Waals surface area contributed by atoms with E-state index in [1.807, 2.05) is 5.18 Å². The van der Waals surface area contributed by atoms with Crippen molar-refractivity contribution in [2.75, 3.05) is 0 Å². The molecule has 0 saturated heterocycles. The van der Waals surface area contributed by atoms with Crippen LogP contribution in [0, 0.1) is 4.91 Å². The largest absolute Gasteiger partial charge is 0.478 e. The van der Waals surface area contributed by atoms with Gasteiger partial charge in [-0.25, -0.2) is 4.79 Å². The van der Waals surface area contributed by atoms with Crippen molar-refractivity contribution in [3.05, 3.63) is 17.1 Å². The lowest BCUT2D eigenvalue weighted by atomic mass is 10.5. The fraction of sp³-hybridized carbons (Fsp3) is 0. The Labute approximate surface area is 50.0 Å². The van der Waals surface area contributed by atoms with Crippen LogP contribution >= 0.6 is 0 Å². The summed E-state index contributed by atoms with van der Waals surface area (Å²) in [6.07, 6.45) is 1.12. The predicted molar refractivity (Wildman–Crippen MR) is 27.6 cm³/mol. The highest BCUT2D eigenvalue weighted by Gasteiger charge is 1.92. The molecule has 1 amide bonds. The van der Waals surface area contributed by atoms with Gasteiger partial charge in [-0.05, 0) is 0 Å². The van der Waals surface area contributed by atoms with Gasteiger partial charge in [0.05, 0.1) is 0 Å². The van der Waals surface area contributed by atoms with Gasteiger partial charge in [-0.2, -0.15) is 0 Å². The van der Waals surface area contributed by atoms with Gasteiger partial charge in [0.1, 0.15) is 0 Å².